The first-order valence-corrected chi connectivity index (χ1v) is 9.32. The van der Waals surface area contributed by atoms with Crippen LogP contribution < -0.4 is 0 Å². The molecule has 2 atom stereocenters. The molecule has 3 heteroatoms. The van der Waals surface area contributed by atoms with Crippen molar-refractivity contribution in [2.45, 2.75) is 71.3 Å². The van der Waals surface area contributed by atoms with Crippen LogP contribution in [0.1, 0.15) is 64.5 Å². The number of hydrogen-bond donors (Lipinski definition) is 1. The second-order valence-electron chi connectivity index (χ2n) is 8.28. The Morgan fingerprint density at radius 1 is 1.29 bits per heavy atom. The third-order valence-electron chi connectivity index (χ3n) is 5.17. The molecule has 1 fully saturated rings. The van der Waals surface area contributed by atoms with E-state index in [1.54, 1.807) is 0 Å². The number of rotatable bonds is 5. The second-order valence-corrected chi connectivity index (χ2v) is 8.28. The van der Waals surface area contributed by atoms with Gasteiger partial charge < -0.3 is 10.0 Å². The van der Waals surface area contributed by atoms with E-state index >= 15 is 0 Å². The SMILES string of the molecule is CC(O)C1CCCN(C(=O)CCCc2ccc(C(C)(C)C)cc2)C1. The Kier molecular flexibility index (Phi) is 6.45. The van der Waals surface area contributed by atoms with E-state index in [2.05, 4.69) is 45.0 Å². The van der Waals surface area contributed by atoms with Crippen molar-refractivity contribution in [1.82, 2.24) is 4.90 Å². The number of amides is 1. The van der Waals surface area contributed by atoms with Crippen LogP contribution in [0.15, 0.2) is 24.3 Å². The summed E-state index contributed by atoms with van der Waals surface area (Å²) >= 11 is 0. The van der Waals surface area contributed by atoms with E-state index in [1.165, 1.54) is 11.1 Å². The maximum absolute atomic E-state index is 12.4. The first kappa shape index (κ1) is 19.0. The monoisotopic (exact) mass is 331 g/mol. The summed E-state index contributed by atoms with van der Waals surface area (Å²) in [5.41, 5.74) is 2.83. The lowest BCUT2D eigenvalue weighted by Crippen LogP contribution is -2.42. The average molecular weight is 332 g/mol. The highest BCUT2D eigenvalue weighted by molar-refractivity contribution is 5.76. The molecule has 1 N–H and O–H groups in total. The molecule has 134 valence electrons. The first-order chi connectivity index (χ1) is 11.3. The Morgan fingerprint density at radius 2 is 1.96 bits per heavy atom. The highest BCUT2D eigenvalue weighted by Gasteiger charge is 2.26. The third-order valence-corrected chi connectivity index (χ3v) is 5.17. The van der Waals surface area contributed by atoms with E-state index in [1.807, 2.05) is 11.8 Å². The molecule has 1 aliphatic heterocycles. The Hall–Kier alpha value is -1.35. The largest absolute Gasteiger partial charge is 0.393 e. The van der Waals surface area contributed by atoms with Gasteiger partial charge in [-0.2, -0.15) is 0 Å². The van der Waals surface area contributed by atoms with Crippen LogP contribution in [-0.4, -0.2) is 35.1 Å². The summed E-state index contributed by atoms with van der Waals surface area (Å²) in [6, 6.07) is 8.79. The van der Waals surface area contributed by atoms with E-state index in [0.717, 1.165) is 38.8 Å². The topological polar surface area (TPSA) is 40.5 Å². The maximum atomic E-state index is 12.4. The predicted molar refractivity (Wildman–Crippen MR) is 99.1 cm³/mol. The summed E-state index contributed by atoms with van der Waals surface area (Å²) in [6.07, 6.45) is 4.17. The highest BCUT2D eigenvalue weighted by Crippen LogP contribution is 2.23. The van der Waals surface area contributed by atoms with Gasteiger partial charge in [0.05, 0.1) is 6.10 Å². The summed E-state index contributed by atoms with van der Waals surface area (Å²) in [7, 11) is 0. The zero-order valence-electron chi connectivity index (χ0n) is 15.7. The van der Waals surface area contributed by atoms with Gasteiger partial charge in [0.15, 0.2) is 0 Å². The molecule has 0 spiro atoms. The van der Waals surface area contributed by atoms with Gasteiger partial charge in [0.2, 0.25) is 5.91 Å². The smallest absolute Gasteiger partial charge is 0.222 e. The van der Waals surface area contributed by atoms with Crippen LogP contribution in [0.5, 0.6) is 0 Å². The number of carbonyl (C=O) groups is 1. The lowest BCUT2D eigenvalue weighted by atomic mass is 9.86. The molecule has 1 heterocycles. The second kappa shape index (κ2) is 8.15. The molecule has 1 amide bonds. The van der Waals surface area contributed by atoms with Crippen molar-refractivity contribution >= 4 is 5.91 Å². The minimum atomic E-state index is -0.318. The number of likely N-dealkylation sites (tertiary alicyclic amines) is 1. The van der Waals surface area contributed by atoms with Gasteiger partial charge in [0.25, 0.3) is 0 Å². The molecule has 0 saturated carbocycles. The molecule has 2 unspecified atom stereocenters. The number of nitrogens with zero attached hydrogens (tertiary/aromatic N) is 1. The standard InChI is InChI=1S/C21H33NO2/c1-16(23)18-8-6-14-22(15-18)20(24)9-5-7-17-10-12-19(13-11-17)21(2,3)4/h10-13,16,18,23H,5-9,14-15H2,1-4H3. The number of benzene rings is 1. The summed E-state index contributed by atoms with van der Waals surface area (Å²) < 4.78 is 0. The van der Waals surface area contributed by atoms with Gasteiger partial charge in [-0.3, -0.25) is 4.79 Å². The van der Waals surface area contributed by atoms with Crippen molar-refractivity contribution in [3.63, 3.8) is 0 Å². The molecule has 1 aromatic rings. The Labute approximate surface area is 147 Å². The van der Waals surface area contributed by atoms with Crippen LogP contribution >= 0.6 is 0 Å². The van der Waals surface area contributed by atoms with Gasteiger partial charge in [-0.15, -0.1) is 0 Å². The molecule has 1 aliphatic rings. The number of aliphatic hydroxyl groups is 1. The minimum Gasteiger partial charge on any atom is -0.393 e. The van der Waals surface area contributed by atoms with E-state index in [4.69, 9.17) is 0 Å². The zero-order chi connectivity index (χ0) is 17.7. The normalized spacial score (nSPS) is 20.0. The lowest BCUT2D eigenvalue weighted by Gasteiger charge is -2.34. The summed E-state index contributed by atoms with van der Waals surface area (Å²) in [4.78, 5) is 14.3. The van der Waals surface area contributed by atoms with Crippen molar-refractivity contribution in [2.24, 2.45) is 5.92 Å². The molecule has 3 nitrogen and oxygen atoms in total. The first-order valence-electron chi connectivity index (χ1n) is 9.32. The fourth-order valence-electron chi connectivity index (χ4n) is 3.40. The van der Waals surface area contributed by atoms with Crippen LogP contribution in [-0.2, 0) is 16.6 Å². The minimum absolute atomic E-state index is 0.184. The average Bonchev–Trinajstić information content (AvgIpc) is 2.54. The van der Waals surface area contributed by atoms with E-state index < -0.39 is 0 Å². The quantitative estimate of drug-likeness (QED) is 0.888. The van der Waals surface area contributed by atoms with Crippen molar-refractivity contribution < 1.29 is 9.90 Å². The molecular formula is C21H33NO2. The highest BCUT2D eigenvalue weighted by atomic mass is 16.3. The molecule has 0 aromatic heterocycles. The summed E-state index contributed by atoms with van der Waals surface area (Å²) in [6.45, 7) is 10.1. The Balaban J connectivity index is 1.78. The number of piperidine rings is 1. The molecule has 24 heavy (non-hydrogen) atoms. The Morgan fingerprint density at radius 3 is 2.54 bits per heavy atom. The van der Waals surface area contributed by atoms with Gasteiger partial charge in [-0.05, 0) is 49.1 Å². The molecule has 1 aromatic carbocycles. The van der Waals surface area contributed by atoms with Crippen molar-refractivity contribution in [3.8, 4) is 0 Å². The molecule has 0 radical (unpaired) electrons. The molecule has 0 aliphatic carbocycles. The van der Waals surface area contributed by atoms with Crippen LogP contribution in [0, 0.1) is 5.92 Å². The number of carbonyl (C=O) groups excluding carboxylic acids is 1. The van der Waals surface area contributed by atoms with E-state index in [9.17, 15) is 9.90 Å². The predicted octanol–water partition coefficient (Wildman–Crippen LogP) is 3.93. The zero-order valence-corrected chi connectivity index (χ0v) is 15.7. The summed E-state index contributed by atoms with van der Waals surface area (Å²) in [5.74, 6) is 0.485. The Bertz CT molecular complexity index is 528. The molecule has 0 bridgehead atoms. The lowest BCUT2D eigenvalue weighted by molar-refractivity contribution is -0.133. The van der Waals surface area contributed by atoms with Crippen molar-refractivity contribution in [3.05, 3.63) is 35.4 Å². The van der Waals surface area contributed by atoms with Crippen molar-refractivity contribution in [1.29, 1.82) is 0 Å². The fourth-order valence-corrected chi connectivity index (χ4v) is 3.40. The maximum Gasteiger partial charge on any atom is 0.222 e. The molecule has 1 saturated heterocycles. The van der Waals surface area contributed by atoms with Gasteiger partial charge in [-0.1, -0.05) is 45.0 Å². The van der Waals surface area contributed by atoms with Crippen LogP contribution in [0.2, 0.25) is 0 Å². The number of hydrogen-bond acceptors (Lipinski definition) is 2. The van der Waals surface area contributed by atoms with Gasteiger partial charge in [0.1, 0.15) is 0 Å². The summed E-state index contributed by atoms with van der Waals surface area (Å²) in [5, 5.41) is 9.74. The van der Waals surface area contributed by atoms with Gasteiger partial charge in [-0.25, -0.2) is 0 Å². The molecule has 2 rings (SSSR count). The van der Waals surface area contributed by atoms with Crippen LogP contribution in [0.4, 0.5) is 0 Å². The van der Waals surface area contributed by atoms with E-state index in [0.29, 0.717) is 6.42 Å². The fraction of sp³-hybridized carbons (Fsp3) is 0.667. The van der Waals surface area contributed by atoms with Crippen LogP contribution in [0.25, 0.3) is 0 Å². The van der Waals surface area contributed by atoms with Gasteiger partial charge >= 0.3 is 0 Å². The van der Waals surface area contributed by atoms with E-state index in [-0.39, 0.29) is 23.3 Å². The number of aliphatic hydroxyl groups excluding tert-OH is 1. The van der Waals surface area contributed by atoms with Crippen LogP contribution in [0.3, 0.4) is 0 Å². The van der Waals surface area contributed by atoms with Gasteiger partial charge in [0, 0.05) is 25.4 Å². The molecular weight excluding hydrogens is 298 g/mol. The number of aryl methyl sites for hydroxylation is 1. The third kappa shape index (κ3) is 5.34. The van der Waals surface area contributed by atoms with Crippen molar-refractivity contribution in [2.75, 3.05) is 13.1 Å².